The molecule has 3 aromatic rings. The Balaban J connectivity index is 1.22. The summed E-state index contributed by atoms with van der Waals surface area (Å²) in [5, 5.41) is 8.32. The number of para-hydroxylation sites is 1. The molecule has 1 amide bonds. The maximum atomic E-state index is 12.7. The maximum Gasteiger partial charge on any atom is 0.251 e. The zero-order valence-electron chi connectivity index (χ0n) is 17.0. The van der Waals surface area contributed by atoms with E-state index in [9.17, 15) is 13.2 Å². The SMILES string of the molecule is O=C(NCCc1c[nH]c2ccccc12)c1ccc(Cl)c(NC2=N[C@@H]3CS(=O)(=O)C[C@H]3S2)c1. The average Bonchev–Trinajstić information content (AvgIpc) is 3.40. The number of carbonyl (C=O) groups excluding carboxylic acids is 1. The van der Waals surface area contributed by atoms with Crippen LogP contribution in [0.4, 0.5) is 5.69 Å². The van der Waals surface area contributed by atoms with E-state index in [4.69, 9.17) is 11.6 Å². The number of thioether (sulfide) groups is 1. The topological polar surface area (TPSA) is 103 Å². The van der Waals surface area contributed by atoms with Crippen molar-refractivity contribution < 1.29 is 13.2 Å². The van der Waals surface area contributed by atoms with E-state index in [0.29, 0.717) is 34.4 Å². The summed E-state index contributed by atoms with van der Waals surface area (Å²) in [5.74, 6) is 0.0417. The van der Waals surface area contributed by atoms with E-state index in [1.807, 2.05) is 24.4 Å². The summed E-state index contributed by atoms with van der Waals surface area (Å²) in [6.07, 6.45) is 2.69. The molecule has 3 heterocycles. The summed E-state index contributed by atoms with van der Waals surface area (Å²) < 4.78 is 23.5. The van der Waals surface area contributed by atoms with Crippen molar-refractivity contribution in [1.82, 2.24) is 10.3 Å². The normalized spacial score (nSPS) is 21.3. The maximum absolute atomic E-state index is 12.7. The number of carbonyl (C=O) groups is 1. The molecule has 32 heavy (non-hydrogen) atoms. The average molecular weight is 489 g/mol. The lowest BCUT2D eigenvalue weighted by molar-refractivity contribution is 0.0954. The number of amides is 1. The lowest BCUT2D eigenvalue weighted by Gasteiger charge is -2.11. The molecule has 1 fully saturated rings. The number of halogens is 1. The number of nitrogens with zero attached hydrogens (tertiary/aromatic N) is 1. The molecule has 7 nitrogen and oxygen atoms in total. The number of hydrogen-bond donors (Lipinski definition) is 3. The first-order chi connectivity index (χ1) is 15.4. The molecule has 2 atom stereocenters. The minimum atomic E-state index is -3.00. The Hall–Kier alpha value is -2.49. The van der Waals surface area contributed by atoms with Gasteiger partial charge in [-0.25, -0.2) is 8.42 Å². The Labute approximate surface area is 194 Å². The molecule has 1 aromatic heterocycles. The summed E-state index contributed by atoms with van der Waals surface area (Å²) in [6.45, 7) is 0.506. The third-order valence-electron chi connectivity index (χ3n) is 5.64. The molecule has 0 saturated carbocycles. The molecular weight excluding hydrogens is 468 g/mol. The summed E-state index contributed by atoms with van der Waals surface area (Å²) in [5.41, 5.74) is 3.30. The Kier molecular flexibility index (Phi) is 5.65. The van der Waals surface area contributed by atoms with Crippen molar-refractivity contribution in [2.75, 3.05) is 23.4 Å². The number of benzene rings is 2. The number of sulfone groups is 1. The van der Waals surface area contributed by atoms with Gasteiger partial charge in [0.1, 0.15) is 0 Å². The van der Waals surface area contributed by atoms with Gasteiger partial charge >= 0.3 is 0 Å². The quantitative estimate of drug-likeness (QED) is 0.510. The number of aromatic amines is 1. The fourth-order valence-corrected chi connectivity index (χ4v) is 7.88. The smallest absolute Gasteiger partial charge is 0.251 e. The predicted octanol–water partition coefficient (Wildman–Crippen LogP) is 3.47. The van der Waals surface area contributed by atoms with Crippen LogP contribution >= 0.6 is 23.4 Å². The standard InChI is InChI=1S/C22H21ClN4O3S2/c23-16-6-5-13(9-18(16)26-22-27-19-11-32(29,30)12-20(19)31-22)21(28)24-8-7-14-10-25-17-4-2-1-3-15(14)17/h1-6,9-10,19-20,25H,7-8,11-12H2,(H,24,28)(H,26,27)/t19-,20-/m1/s1. The number of H-pyrrole nitrogens is 1. The van der Waals surface area contributed by atoms with Gasteiger partial charge in [0, 0.05) is 34.5 Å². The fraction of sp³-hybridized carbons (Fsp3) is 0.273. The molecule has 0 bridgehead atoms. The van der Waals surface area contributed by atoms with Crippen LogP contribution in [0.5, 0.6) is 0 Å². The Bertz CT molecular complexity index is 1340. The summed E-state index contributed by atoms with van der Waals surface area (Å²) in [4.78, 5) is 20.4. The van der Waals surface area contributed by atoms with Crippen LogP contribution in [0, 0.1) is 0 Å². The molecule has 10 heteroatoms. The van der Waals surface area contributed by atoms with Crippen molar-refractivity contribution in [1.29, 1.82) is 0 Å². The monoisotopic (exact) mass is 488 g/mol. The van der Waals surface area contributed by atoms with E-state index < -0.39 is 9.84 Å². The van der Waals surface area contributed by atoms with Gasteiger partial charge in [0.25, 0.3) is 5.91 Å². The van der Waals surface area contributed by atoms with Crippen LogP contribution in [-0.2, 0) is 16.3 Å². The molecule has 0 aliphatic carbocycles. The van der Waals surface area contributed by atoms with Gasteiger partial charge in [-0.05, 0) is 36.2 Å². The van der Waals surface area contributed by atoms with Crippen molar-refractivity contribution in [2.45, 2.75) is 17.7 Å². The Morgan fingerprint density at radius 3 is 2.91 bits per heavy atom. The van der Waals surface area contributed by atoms with E-state index >= 15 is 0 Å². The first-order valence-electron chi connectivity index (χ1n) is 10.2. The van der Waals surface area contributed by atoms with Crippen molar-refractivity contribution in [3.8, 4) is 0 Å². The van der Waals surface area contributed by atoms with Crippen LogP contribution < -0.4 is 10.6 Å². The molecule has 166 valence electrons. The number of hydrogen-bond acceptors (Lipinski definition) is 6. The number of rotatable bonds is 5. The molecule has 2 aromatic carbocycles. The molecule has 0 spiro atoms. The van der Waals surface area contributed by atoms with E-state index in [1.54, 1.807) is 18.2 Å². The van der Waals surface area contributed by atoms with Crippen LogP contribution in [-0.4, -0.2) is 53.8 Å². The number of aliphatic imine (C=N–C) groups is 1. The second kappa shape index (κ2) is 8.46. The van der Waals surface area contributed by atoms with Gasteiger partial charge in [0.2, 0.25) is 0 Å². The largest absolute Gasteiger partial charge is 0.361 e. The molecule has 1 saturated heterocycles. The van der Waals surface area contributed by atoms with Crippen LogP contribution in [0.3, 0.4) is 0 Å². The summed E-state index contributed by atoms with van der Waals surface area (Å²) >= 11 is 7.73. The predicted molar refractivity (Wildman–Crippen MR) is 131 cm³/mol. The number of fused-ring (bicyclic) bond motifs is 2. The molecule has 5 rings (SSSR count). The highest BCUT2D eigenvalue weighted by atomic mass is 35.5. The van der Waals surface area contributed by atoms with Crippen molar-refractivity contribution >= 4 is 60.9 Å². The second-order valence-corrected chi connectivity index (χ2v) is 11.7. The Morgan fingerprint density at radius 2 is 2.06 bits per heavy atom. The summed E-state index contributed by atoms with van der Waals surface area (Å²) in [7, 11) is -3.00. The molecule has 0 unspecified atom stereocenters. The third kappa shape index (κ3) is 4.37. The van der Waals surface area contributed by atoms with Gasteiger partial charge in [0.05, 0.1) is 28.3 Å². The van der Waals surface area contributed by atoms with Gasteiger partial charge < -0.3 is 15.6 Å². The first kappa shape index (κ1) is 21.4. The lowest BCUT2D eigenvalue weighted by Crippen LogP contribution is -2.25. The van der Waals surface area contributed by atoms with Gasteiger partial charge in [-0.15, -0.1) is 0 Å². The summed E-state index contributed by atoms with van der Waals surface area (Å²) in [6, 6.07) is 12.9. The van der Waals surface area contributed by atoms with Crippen LogP contribution in [0.2, 0.25) is 5.02 Å². The molecule has 2 aliphatic heterocycles. The minimum absolute atomic E-state index is 0.0581. The molecular formula is C22H21ClN4O3S2. The fourth-order valence-electron chi connectivity index (χ4n) is 4.04. The van der Waals surface area contributed by atoms with E-state index in [1.165, 1.54) is 11.8 Å². The van der Waals surface area contributed by atoms with E-state index in [2.05, 4.69) is 26.7 Å². The molecule has 0 radical (unpaired) electrons. The third-order valence-corrected chi connectivity index (χ3v) is 9.11. The molecule has 3 N–H and O–H groups in total. The number of nitrogens with one attached hydrogen (secondary N) is 3. The lowest BCUT2D eigenvalue weighted by atomic mass is 10.1. The van der Waals surface area contributed by atoms with E-state index in [0.717, 1.165) is 16.5 Å². The van der Waals surface area contributed by atoms with E-state index in [-0.39, 0.29) is 28.7 Å². The van der Waals surface area contributed by atoms with Crippen LogP contribution in [0.1, 0.15) is 15.9 Å². The highest BCUT2D eigenvalue weighted by Crippen LogP contribution is 2.35. The number of aromatic nitrogens is 1. The Morgan fingerprint density at radius 1 is 1.22 bits per heavy atom. The van der Waals surface area contributed by atoms with Crippen molar-refractivity contribution in [3.63, 3.8) is 0 Å². The van der Waals surface area contributed by atoms with Crippen molar-refractivity contribution in [2.24, 2.45) is 4.99 Å². The first-order valence-corrected chi connectivity index (χ1v) is 13.3. The van der Waals surface area contributed by atoms with Gasteiger partial charge in [-0.2, -0.15) is 0 Å². The highest BCUT2D eigenvalue weighted by Gasteiger charge is 2.42. The van der Waals surface area contributed by atoms with Gasteiger partial charge in [-0.1, -0.05) is 41.6 Å². The zero-order valence-corrected chi connectivity index (χ0v) is 19.4. The molecule has 2 aliphatic rings. The number of amidine groups is 1. The zero-order chi connectivity index (χ0) is 22.3. The van der Waals surface area contributed by atoms with Gasteiger partial charge in [-0.3, -0.25) is 9.79 Å². The number of anilines is 1. The second-order valence-electron chi connectivity index (χ2n) is 7.92. The minimum Gasteiger partial charge on any atom is -0.361 e. The van der Waals surface area contributed by atoms with Crippen molar-refractivity contribution in [3.05, 3.63) is 64.8 Å². The van der Waals surface area contributed by atoms with Crippen LogP contribution in [0.15, 0.2) is 53.7 Å². The van der Waals surface area contributed by atoms with Crippen LogP contribution in [0.25, 0.3) is 10.9 Å². The van der Waals surface area contributed by atoms with Gasteiger partial charge in [0.15, 0.2) is 15.0 Å². The highest BCUT2D eigenvalue weighted by molar-refractivity contribution is 8.15.